The predicted molar refractivity (Wildman–Crippen MR) is 48.2 cm³/mol. The van der Waals surface area contributed by atoms with E-state index in [-0.39, 0.29) is 17.3 Å². The molecule has 0 aliphatic carbocycles. The summed E-state index contributed by atoms with van der Waals surface area (Å²) in [5.41, 5.74) is 0.460. The summed E-state index contributed by atoms with van der Waals surface area (Å²) in [6, 6.07) is 3.21. The fraction of sp³-hybridized carbons (Fsp3) is 0.333. The van der Waals surface area contributed by atoms with Crippen LogP contribution in [0, 0.1) is 18.3 Å². The number of nitriles is 1. The van der Waals surface area contributed by atoms with Gasteiger partial charge in [-0.25, -0.2) is 13.8 Å². The average molecular weight is 217 g/mol. The molecule has 0 aliphatic rings. The van der Waals surface area contributed by atoms with Crippen LogP contribution in [-0.2, 0) is 5.88 Å². The van der Waals surface area contributed by atoms with E-state index in [0.717, 1.165) is 0 Å². The number of nitrogens with zero attached hydrogens (tertiary/aromatic N) is 2. The normalized spacial score (nSPS) is 10.3. The highest BCUT2D eigenvalue weighted by Gasteiger charge is 2.15. The summed E-state index contributed by atoms with van der Waals surface area (Å²) in [7, 11) is 0. The molecule has 0 fully saturated rings. The zero-order chi connectivity index (χ0) is 10.7. The van der Waals surface area contributed by atoms with E-state index in [2.05, 4.69) is 4.98 Å². The maximum atomic E-state index is 12.4. The van der Waals surface area contributed by atoms with E-state index < -0.39 is 6.43 Å². The van der Waals surface area contributed by atoms with Crippen molar-refractivity contribution in [2.45, 2.75) is 19.2 Å². The van der Waals surface area contributed by atoms with Crippen molar-refractivity contribution in [1.82, 2.24) is 4.98 Å². The third-order valence-corrected chi connectivity index (χ3v) is 2.08. The van der Waals surface area contributed by atoms with Crippen LogP contribution in [0.1, 0.15) is 28.9 Å². The second kappa shape index (κ2) is 4.34. The Kier molecular flexibility index (Phi) is 3.37. The van der Waals surface area contributed by atoms with Gasteiger partial charge >= 0.3 is 0 Å². The molecule has 0 unspecified atom stereocenters. The van der Waals surface area contributed by atoms with Crippen molar-refractivity contribution in [3.63, 3.8) is 0 Å². The van der Waals surface area contributed by atoms with Crippen LogP contribution in [-0.4, -0.2) is 4.98 Å². The SMILES string of the molecule is Cc1cc(CCl)c(C#N)nc1C(F)F. The molecular formula is C9H7ClF2N2. The molecular weight excluding hydrogens is 210 g/mol. The Bertz CT molecular complexity index is 385. The van der Waals surface area contributed by atoms with E-state index >= 15 is 0 Å². The number of hydrogen-bond acceptors (Lipinski definition) is 2. The van der Waals surface area contributed by atoms with Gasteiger partial charge in [0.1, 0.15) is 17.5 Å². The number of halogens is 3. The summed E-state index contributed by atoms with van der Waals surface area (Å²) in [6.07, 6.45) is -2.66. The molecule has 0 aliphatic heterocycles. The molecule has 0 saturated carbocycles. The van der Waals surface area contributed by atoms with Gasteiger partial charge in [0.2, 0.25) is 0 Å². The van der Waals surface area contributed by atoms with Gasteiger partial charge in [-0.2, -0.15) is 5.26 Å². The molecule has 0 atom stereocenters. The summed E-state index contributed by atoms with van der Waals surface area (Å²) < 4.78 is 24.7. The van der Waals surface area contributed by atoms with Gasteiger partial charge in [-0.1, -0.05) is 0 Å². The molecule has 0 amide bonds. The molecule has 0 N–H and O–H groups in total. The van der Waals surface area contributed by atoms with E-state index in [4.69, 9.17) is 16.9 Å². The van der Waals surface area contributed by atoms with Crippen LogP contribution in [0.15, 0.2) is 6.07 Å². The van der Waals surface area contributed by atoms with Crippen molar-refractivity contribution >= 4 is 11.6 Å². The zero-order valence-corrected chi connectivity index (χ0v) is 8.15. The number of aromatic nitrogens is 1. The Balaban J connectivity index is 3.32. The Morgan fingerprint density at radius 3 is 2.71 bits per heavy atom. The van der Waals surface area contributed by atoms with E-state index in [1.807, 2.05) is 0 Å². The lowest BCUT2D eigenvalue weighted by Crippen LogP contribution is -2.01. The van der Waals surface area contributed by atoms with Crippen LogP contribution in [0.25, 0.3) is 0 Å². The van der Waals surface area contributed by atoms with Gasteiger partial charge in [-0.05, 0) is 18.6 Å². The summed E-state index contributed by atoms with van der Waals surface area (Å²) in [6.45, 7) is 1.52. The lowest BCUT2D eigenvalue weighted by atomic mass is 10.1. The van der Waals surface area contributed by atoms with E-state index in [1.165, 1.54) is 13.0 Å². The maximum Gasteiger partial charge on any atom is 0.280 e. The van der Waals surface area contributed by atoms with Crippen molar-refractivity contribution in [1.29, 1.82) is 5.26 Å². The highest BCUT2D eigenvalue weighted by atomic mass is 35.5. The third kappa shape index (κ3) is 1.99. The van der Waals surface area contributed by atoms with Crippen molar-refractivity contribution in [2.75, 3.05) is 0 Å². The third-order valence-electron chi connectivity index (χ3n) is 1.79. The number of pyridine rings is 1. The first-order valence-corrected chi connectivity index (χ1v) is 4.38. The topological polar surface area (TPSA) is 36.7 Å². The first kappa shape index (κ1) is 10.9. The highest BCUT2D eigenvalue weighted by molar-refractivity contribution is 6.17. The molecule has 1 aromatic rings. The van der Waals surface area contributed by atoms with Crippen molar-refractivity contribution in [2.24, 2.45) is 0 Å². The van der Waals surface area contributed by atoms with Gasteiger partial charge < -0.3 is 0 Å². The summed E-state index contributed by atoms with van der Waals surface area (Å²) in [5.74, 6) is 0.0975. The summed E-state index contributed by atoms with van der Waals surface area (Å²) in [4.78, 5) is 3.57. The van der Waals surface area contributed by atoms with Crippen molar-refractivity contribution in [3.8, 4) is 6.07 Å². The van der Waals surface area contributed by atoms with E-state index in [0.29, 0.717) is 11.1 Å². The minimum atomic E-state index is -2.66. The van der Waals surface area contributed by atoms with Gasteiger partial charge in [0.15, 0.2) is 0 Å². The lowest BCUT2D eigenvalue weighted by Gasteiger charge is -2.06. The Morgan fingerprint density at radius 1 is 1.64 bits per heavy atom. The second-order valence-corrected chi connectivity index (χ2v) is 3.01. The monoisotopic (exact) mass is 216 g/mol. The van der Waals surface area contributed by atoms with Crippen LogP contribution in [0.3, 0.4) is 0 Å². The van der Waals surface area contributed by atoms with E-state index in [9.17, 15) is 8.78 Å². The largest absolute Gasteiger partial charge is 0.280 e. The Morgan fingerprint density at radius 2 is 2.29 bits per heavy atom. The number of hydrogen-bond donors (Lipinski definition) is 0. The van der Waals surface area contributed by atoms with Crippen LogP contribution in [0.2, 0.25) is 0 Å². The molecule has 5 heteroatoms. The van der Waals surface area contributed by atoms with Gasteiger partial charge in [-0.15, -0.1) is 11.6 Å². The molecule has 14 heavy (non-hydrogen) atoms. The molecule has 1 rings (SSSR count). The van der Waals surface area contributed by atoms with Crippen molar-refractivity contribution in [3.05, 3.63) is 28.6 Å². The zero-order valence-electron chi connectivity index (χ0n) is 7.39. The molecule has 1 heterocycles. The molecule has 0 aromatic carbocycles. The van der Waals surface area contributed by atoms with E-state index in [1.54, 1.807) is 6.07 Å². The predicted octanol–water partition coefficient (Wildman–Crippen LogP) is 2.94. The Hall–Kier alpha value is -1.21. The number of aryl methyl sites for hydroxylation is 1. The first-order valence-electron chi connectivity index (χ1n) is 3.84. The highest BCUT2D eigenvalue weighted by Crippen LogP contribution is 2.23. The quantitative estimate of drug-likeness (QED) is 0.713. The van der Waals surface area contributed by atoms with Gasteiger partial charge in [0.05, 0.1) is 5.88 Å². The molecule has 74 valence electrons. The molecule has 0 radical (unpaired) electrons. The van der Waals surface area contributed by atoms with Gasteiger partial charge in [0.25, 0.3) is 6.43 Å². The molecule has 1 aromatic heterocycles. The first-order chi connectivity index (χ1) is 6.60. The molecule has 0 spiro atoms. The minimum absolute atomic E-state index is 0.0269. The van der Waals surface area contributed by atoms with Crippen molar-refractivity contribution < 1.29 is 8.78 Å². The van der Waals surface area contributed by atoms with Crippen LogP contribution < -0.4 is 0 Å². The lowest BCUT2D eigenvalue weighted by molar-refractivity contribution is 0.145. The summed E-state index contributed by atoms with van der Waals surface area (Å²) in [5, 5.41) is 8.63. The van der Waals surface area contributed by atoms with Crippen LogP contribution in [0.5, 0.6) is 0 Å². The fourth-order valence-electron chi connectivity index (χ4n) is 1.10. The number of rotatable bonds is 2. The standard InChI is InChI=1S/C9H7ClF2N2/c1-5-2-6(3-10)7(4-13)14-8(5)9(11)12/h2,9H,3H2,1H3. The number of alkyl halides is 3. The Labute approximate surface area is 85.1 Å². The van der Waals surface area contributed by atoms with Crippen LogP contribution in [0.4, 0.5) is 8.78 Å². The summed E-state index contributed by atoms with van der Waals surface area (Å²) >= 11 is 5.54. The van der Waals surface area contributed by atoms with Crippen LogP contribution >= 0.6 is 11.6 Å². The molecule has 0 bridgehead atoms. The molecule has 2 nitrogen and oxygen atoms in total. The second-order valence-electron chi connectivity index (χ2n) is 2.74. The molecule has 0 saturated heterocycles. The maximum absolute atomic E-state index is 12.4. The van der Waals surface area contributed by atoms with Gasteiger partial charge in [0, 0.05) is 5.56 Å². The smallest absolute Gasteiger partial charge is 0.236 e. The minimum Gasteiger partial charge on any atom is -0.236 e. The fourth-order valence-corrected chi connectivity index (χ4v) is 1.31. The average Bonchev–Trinajstić information content (AvgIpc) is 2.16. The van der Waals surface area contributed by atoms with Gasteiger partial charge in [-0.3, -0.25) is 0 Å².